The van der Waals surface area contributed by atoms with Crippen molar-refractivity contribution < 1.29 is 14.7 Å². The van der Waals surface area contributed by atoms with E-state index < -0.39 is 17.9 Å². The van der Waals surface area contributed by atoms with Crippen molar-refractivity contribution in [3.05, 3.63) is 23.8 Å². The monoisotopic (exact) mass is 262 g/mol. The number of aromatic nitrogens is 3. The van der Waals surface area contributed by atoms with E-state index in [0.29, 0.717) is 16.6 Å². The normalized spacial score (nSPS) is 14.0. The minimum atomic E-state index is -0.945. The van der Waals surface area contributed by atoms with Gasteiger partial charge in [-0.3, -0.25) is 9.59 Å². The number of H-pyrrole nitrogens is 1. The Labute approximate surface area is 109 Å². The van der Waals surface area contributed by atoms with Gasteiger partial charge in [0.25, 0.3) is 5.91 Å². The second-order valence-electron chi connectivity index (χ2n) is 4.42. The van der Waals surface area contributed by atoms with Gasteiger partial charge in [0.15, 0.2) is 0 Å². The largest absolute Gasteiger partial charge is 0.481 e. The molecule has 2 unspecified atom stereocenters. The number of fused-ring (bicyclic) bond motifs is 1. The standard InChI is InChI=1S/C12H14N4O3/c1-6(12(18)19)7(2)13-11(17)8-3-4-9-10(5-8)15-16-14-9/h3-7H,1-2H3,(H,13,17)(H,18,19)(H,14,15,16). The summed E-state index contributed by atoms with van der Waals surface area (Å²) in [6.07, 6.45) is 0. The summed E-state index contributed by atoms with van der Waals surface area (Å²) in [5.41, 5.74) is 1.68. The summed E-state index contributed by atoms with van der Waals surface area (Å²) >= 11 is 0. The lowest BCUT2D eigenvalue weighted by Crippen LogP contribution is -2.40. The minimum absolute atomic E-state index is 0.328. The second-order valence-corrected chi connectivity index (χ2v) is 4.42. The number of benzene rings is 1. The van der Waals surface area contributed by atoms with E-state index in [-0.39, 0.29) is 5.91 Å². The first kappa shape index (κ1) is 13.0. The van der Waals surface area contributed by atoms with E-state index in [4.69, 9.17) is 5.11 Å². The molecule has 100 valence electrons. The molecule has 7 nitrogen and oxygen atoms in total. The van der Waals surface area contributed by atoms with Crippen LogP contribution < -0.4 is 5.32 Å². The third-order valence-corrected chi connectivity index (χ3v) is 3.08. The molecule has 1 amide bonds. The van der Waals surface area contributed by atoms with Crippen LogP contribution in [0.4, 0.5) is 0 Å². The summed E-state index contributed by atoms with van der Waals surface area (Å²) in [4.78, 5) is 22.8. The van der Waals surface area contributed by atoms with Crippen molar-refractivity contribution in [1.82, 2.24) is 20.7 Å². The van der Waals surface area contributed by atoms with E-state index in [9.17, 15) is 9.59 Å². The fraction of sp³-hybridized carbons (Fsp3) is 0.333. The summed E-state index contributed by atoms with van der Waals surface area (Å²) in [6.45, 7) is 3.21. The van der Waals surface area contributed by atoms with Crippen LogP contribution in [0.2, 0.25) is 0 Å². The highest BCUT2D eigenvalue weighted by atomic mass is 16.4. The van der Waals surface area contributed by atoms with Gasteiger partial charge in [0.2, 0.25) is 0 Å². The Bertz CT molecular complexity index is 622. The summed E-state index contributed by atoms with van der Waals surface area (Å²) in [5.74, 6) is -1.93. The maximum Gasteiger partial charge on any atom is 0.308 e. The third-order valence-electron chi connectivity index (χ3n) is 3.08. The van der Waals surface area contributed by atoms with Gasteiger partial charge in [0.1, 0.15) is 11.0 Å². The minimum Gasteiger partial charge on any atom is -0.481 e. The van der Waals surface area contributed by atoms with Crippen molar-refractivity contribution in [2.75, 3.05) is 0 Å². The molecular formula is C12H14N4O3. The molecule has 3 N–H and O–H groups in total. The Balaban J connectivity index is 2.13. The smallest absolute Gasteiger partial charge is 0.308 e. The van der Waals surface area contributed by atoms with Crippen LogP contribution >= 0.6 is 0 Å². The SMILES string of the molecule is CC(NC(=O)c1ccc2n[nH]nc2c1)C(C)C(=O)O. The van der Waals surface area contributed by atoms with Gasteiger partial charge in [-0.25, -0.2) is 0 Å². The van der Waals surface area contributed by atoms with E-state index in [1.165, 1.54) is 0 Å². The van der Waals surface area contributed by atoms with Gasteiger partial charge in [-0.05, 0) is 32.0 Å². The highest BCUT2D eigenvalue weighted by molar-refractivity contribution is 5.97. The molecule has 0 radical (unpaired) electrons. The number of carbonyl (C=O) groups is 2. The fourth-order valence-electron chi connectivity index (χ4n) is 1.61. The molecule has 0 bridgehead atoms. The van der Waals surface area contributed by atoms with Crippen LogP contribution in [0.1, 0.15) is 24.2 Å². The molecule has 7 heteroatoms. The topological polar surface area (TPSA) is 108 Å². The molecule has 0 saturated heterocycles. The molecule has 1 aromatic heterocycles. The van der Waals surface area contributed by atoms with Crippen molar-refractivity contribution in [2.45, 2.75) is 19.9 Å². The lowest BCUT2D eigenvalue weighted by molar-refractivity contribution is -0.141. The third kappa shape index (κ3) is 2.70. The van der Waals surface area contributed by atoms with Crippen molar-refractivity contribution in [3.63, 3.8) is 0 Å². The Morgan fingerprint density at radius 2 is 1.95 bits per heavy atom. The first-order valence-electron chi connectivity index (χ1n) is 5.83. The predicted molar refractivity (Wildman–Crippen MR) is 67.6 cm³/mol. The van der Waals surface area contributed by atoms with Crippen LogP contribution in [0, 0.1) is 5.92 Å². The van der Waals surface area contributed by atoms with Crippen molar-refractivity contribution in [1.29, 1.82) is 0 Å². The van der Waals surface area contributed by atoms with Crippen LogP contribution in [-0.2, 0) is 4.79 Å². The van der Waals surface area contributed by atoms with Crippen molar-refractivity contribution >= 4 is 22.9 Å². The number of carboxylic acids is 1. The van der Waals surface area contributed by atoms with Gasteiger partial charge in [0, 0.05) is 11.6 Å². The van der Waals surface area contributed by atoms with Gasteiger partial charge in [-0.2, -0.15) is 15.4 Å². The summed E-state index contributed by atoms with van der Waals surface area (Å²) < 4.78 is 0. The van der Waals surface area contributed by atoms with E-state index >= 15 is 0 Å². The lowest BCUT2D eigenvalue weighted by Gasteiger charge is -2.17. The Morgan fingerprint density at radius 1 is 1.26 bits per heavy atom. The molecule has 0 aliphatic rings. The number of carbonyl (C=O) groups excluding carboxylic acids is 1. The fourth-order valence-corrected chi connectivity index (χ4v) is 1.61. The quantitative estimate of drug-likeness (QED) is 0.755. The molecule has 2 rings (SSSR count). The average molecular weight is 262 g/mol. The maximum atomic E-state index is 12.0. The van der Waals surface area contributed by atoms with Gasteiger partial charge in [-0.15, -0.1) is 0 Å². The van der Waals surface area contributed by atoms with Gasteiger partial charge < -0.3 is 10.4 Å². The predicted octanol–water partition coefficient (Wildman–Crippen LogP) is 0.797. The molecule has 0 fully saturated rings. The lowest BCUT2D eigenvalue weighted by atomic mass is 10.0. The van der Waals surface area contributed by atoms with Crippen LogP contribution in [-0.4, -0.2) is 38.4 Å². The van der Waals surface area contributed by atoms with Crippen LogP contribution in [0.25, 0.3) is 11.0 Å². The van der Waals surface area contributed by atoms with Crippen LogP contribution in [0.3, 0.4) is 0 Å². The summed E-state index contributed by atoms with van der Waals surface area (Å²) in [5, 5.41) is 21.8. The summed E-state index contributed by atoms with van der Waals surface area (Å²) in [7, 11) is 0. The number of nitrogens with one attached hydrogen (secondary N) is 2. The highest BCUT2D eigenvalue weighted by Gasteiger charge is 2.21. The second kappa shape index (κ2) is 5.05. The van der Waals surface area contributed by atoms with Gasteiger partial charge in [-0.1, -0.05) is 0 Å². The molecule has 0 saturated carbocycles. The molecule has 2 aromatic rings. The Morgan fingerprint density at radius 3 is 2.63 bits per heavy atom. The molecule has 1 aromatic carbocycles. The Hall–Kier alpha value is -2.44. The molecule has 1 heterocycles. The first-order chi connectivity index (χ1) is 8.99. The van der Waals surface area contributed by atoms with Crippen molar-refractivity contribution in [2.24, 2.45) is 5.92 Å². The number of rotatable bonds is 4. The maximum absolute atomic E-state index is 12.0. The number of aromatic amines is 1. The zero-order chi connectivity index (χ0) is 14.0. The molecule has 19 heavy (non-hydrogen) atoms. The number of hydrogen-bond donors (Lipinski definition) is 3. The summed E-state index contributed by atoms with van der Waals surface area (Å²) in [6, 6.07) is 4.45. The van der Waals surface area contributed by atoms with E-state index in [1.54, 1.807) is 32.0 Å². The number of carboxylic acid groups (broad SMARTS) is 1. The number of amides is 1. The van der Waals surface area contributed by atoms with Crippen molar-refractivity contribution in [3.8, 4) is 0 Å². The highest BCUT2D eigenvalue weighted by Crippen LogP contribution is 2.11. The molecular weight excluding hydrogens is 248 g/mol. The molecule has 2 atom stereocenters. The van der Waals surface area contributed by atoms with E-state index in [1.807, 2.05) is 0 Å². The van der Waals surface area contributed by atoms with Crippen LogP contribution in [0.5, 0.6) is 0 Å². The molecule has 0 aliphatic carbocycles. The Kier molecular flexibility index (Phi) is 3.46. The zero-order valence-corrected chi connectivity index (χ0v) is 10.5. The molecule has 0 aliphatic heterocycles. The average Bonchev–Trinajstić information content (AvgIpc) is 2.84. The number of aliphatic carboxylic acids is 1. The number of nitrogens with zero attached hydrogens (tertiary/aromatic N) is 2. The molecule has 0 spiro atoms. The zero-order valence-electron chi connectivity index (χ0n) is 10.5. The van der Waals surface area contributed by atoms with E-state index in [0.717, 1.165) is 0 Å². The number of hydrogen-bond acceptors (Lipinski definition) is 4. The van der Waals surface area contributed by atoms with Gasteiger partial charge >= 0.3 is 5.97 Å². The first-order valence-corrected chi connectivity index (χ1v) is 5.83. The van der Waals surface area contributed by atoms with E-state index in [2.05, 4.69) is 20.7 Å². The van der Waals surface area contributed by atoms with Gasteiger partial charge in [0.05, 0.1) is 5.92 Å². The van der Waals surface area contributed by atoms with Crippen LogP contribution in [0.15, 0.2) is 18.2 Å².